The van der Waals surface area contributed by atoms with Gasteiger partial charge in [-0.15, -0.1) is 0 Å². The first-order valence-corrected chi connectivity index (χ1v) is 7.16. The van der Waals surface area contributed by atoms with E-state index in [1.165, 1.54) is 0 Å². The maximum Gasteiger partial charge on any atom is 0.264 e. The molecule has 0 bridgehead atoms. The number of halogens is 3. The molecule has 4 nitrogen and oxygen atoms in total. The Bertz CT molecular complexity index is 638. The van der Waals surface area contributed by atoms with Gasteiger partial charge in [0.25, 0.3) is 9.05 Å². The minimum absolute atomic E-state index is 0.0789. The molecule has 0 saturated heterocycles. The Labute approximate surface area is 103 Å². The number of hydrogen-bond donors (Lipinski definition) is 1. The predicted octanol–water partition coefficient (Wildman–Crippen LogP) is 2.91. The van der Waals surface area contributed by atoms with Gasteiger partial charge in [-0.3, -0.25) is 0 Å². The summed E-state index contributed by atoms with van der Waals surface area (Å²) < 4.78 is 23.0. The third-order valence-corrected chi connectivity index (χ3v) is 4.24. The molecule has 15 heavy (non-hydrogen) atoms. The van der Waals surface area contributed by atoms with Crippen molar-refractivity contribution in [2.24, 2.45) is 0 Å². The van der Waals surface area contributed by atoms with Gasteiger partial charge >= 0.3 is 0 Å². The Morgan fingerprint density at radius 2 is 2.07 bits per heavy atom. The van der Waals surface area contributed by atoms with E-state index < -0.39 is 9.05 Å². The minimum atomic E-state index is -3.86. The fraction of sp³-hybridized carbons (Fsp3) is 0. The van der Waals surface area contributed by atoms with Crippen molar-refractivity contribution < 1.29 is 8.42 Å². The van der Waals surface area contributed by atoms with E-state index in [9.17, 15) is 8.42 Å². The molecule has 0 saturated carbocycles. The molecule has 0 unspecified atom stereocenters. The van der Waals surface area contributed by atoms with Crippen LogP contribution in [0.25, 0.3) is 11.0 Å². The molecule has 0 radical (unpaired) electrons. The van der Waals surface area contributed by atoms with Gasteiger partial charge in [0.2, 0.25) is 5.28 Å². The summed E-state index contributed by atoms with van der Waals surface area (Å²) in [6, 6.07) is 3.22. The Balaban J connectivity index is 2.98. The van der Waals surface area contributed by atoms with Crippen LogP contribution in [0.15, 0.2) is 21.5 Å². The SMILES string of the molecule is O=S(=O)(Cl)c1c(Br)ccc2[nH]c(Cl)nc12. The van der Waals surface area contributed by atoms with Crippen LogP contribution in [-0.4, -0.2) is 18.4 Å². The normalized spacial score (nSPS) is 12.2. The number of hydrogen-bond acceptors (Lipinski definition) is 3. The summed E-state index contributed by atoms with van der Waals surface area (Å²) in [6.07, 6.45) is 0. The van der Waals surface area contributed by atoms with E-state index in [0.717, 1.165) is 0 Å². The Hall–Kier alpha value is -0.300. The molecule has 80 valence electrons. The molecule has 2 rings (SSSR count). The molecule has 1 aromatic carbocycles. The maximum atomic E-state index is 11.3. The number of benzene rings is 1. The summed E-state index contributed by atoms with van der Waals surface area (Å²) in [4.78, 5) is 6.49. The fourth-order valence-electron chi connectivity index (χ4n) is 1.23. The highest BCUT2D eigenvalue weighted by Gasteiger charge is 2.20. The lowest BCUT2D eigenvalue weighted by molar-refractivity contribution is 0.610. The highest BCUT2D eigenvalue weighted by molar-refractivity contribution is 9.10. The number of nitrogens with zero attached hydrogens (tertiary/aromatic N) is 1. The van der Waals surface area contributed by atoms with Crippen molar-refractivity contribution in [3.8, 4) is 0 Å². The first-order chi connectivity index (χ1) is 6.89. The number of aromatic nitrogens is 2. The van der Waals surface area contributed by atoms with Crippen molar-refractivity contribution >= 4 is 58.3 Å². The first-order valence-electron chi connectivity index (χ1n) is 3.68. The van der Waals surface area contributed by atoms with Crippen molar-refractivity contribution in [1.29, 1.82) is 0 Å². The minimum Gasteiger partial charge on any atom is -0.329 e. The average molecular weight is 330 g/mol. The highest BCUT2D eigenvalue weighted by atomic mass is 79.9. The van der Waals surface area contributed by atoms with Gasteiger partial charge in [0.1, 0.15) is 10.4 Å². The molecule has 8 heteroatoms. The van der Waals surface area contributed by atoms with E-state index >= 15 is 0 Å². The Morgan fingerprint density at radius 3 is 2.67 bits per heavy atom. The van der Waals surface area contributed by atoms with E-state index in [1.54, 1.807) is 12.1 Å². The fourth-order valence-corrected chi connectivity index (χ4v) is 3.81. The molecule has 0 spiro atoms. The van der Waals surface area contributed by atoms with Crippen molar-refractivity contribution in [3.63, 3.8) is 0 Å². The van der Waals surface area contributed by atoms with Gasteiger partial charge in [-0.05, 0) is 39.7 Å². The van der Waals surface area contributed by atoms with Crippen LogP contribution < -0.4 is 0 Å². The van der Waals surface area contributed by atoms with E-state index in [4.69, 9.17) is 22.3 Å². The lowest BCUT2D eigenvalue weighted by Crippen LogP contribution is -1.93. The molecular formula is C7H3BrCl2N2O2S. The van der Waals surface area contributed by atoms with E-state index in [2.05, 4.69) is 25.9 Å². The van der Waals surface area contributed by atoms with E-state index in [-0.39, 0.29) is 15.7 Å². The van der Waals surface area contributed by atoms with Crippen LogP contribution in [0, 0.1) is 0 Å². The standard InChI is InChI=1S/C7H3BrCl2N2O2S/c8-3-1-2-4-5(12-7(9)11-4)6(3)15(10,13)14/h1-2H,(H,11,12). The number of aromatic amines is 1. The van der Waals surface area contributed by atoms with Gasteiger partial charge in [0.15, 0.2) is 0 Å². The molecule has 1 N–H and O–H groups in total. The van der Waals surface area contributed by atoms with Crippen molar-refractivity contribution in [1.82, 2.24) is 9.97 Å². The summed E-state index contributed by atoms with van der Waals surface area (Å²) in [5.74, 6) is 0. The maximum absolute atomic E-state index is 11.3. The smallest absolute Gasteiger partial charge is 0.264 e. The van der Waals surface area contributed by atoms with Gasteiger partial charge in [-0.1, -0.05) is 0 Å². The molecule has 2 aromatic rings. The second-order valence-electron chi connectivity index (χ2n) is 2.74. The summed E-state index contributed by atoms with van der Waals surface area (Å²) in [7, 11) is 1.43. The van der Waals surface area contributed by atoms with Gasteiger partial charge in [-0.2, -0.15) is 0 Å². The van der Waals surface area contributed by atoms with Crippen LogP contribution in [0.1, 0.15) is 0 Å². The predicted molar refractivity (Wildman–Crippen MR) is 61.8 cm³/mol. The third-order valence-electron chi connectivity index (χ3n) is 1.78. The summed E-state index contributed by atoms with van der Waals surface area (Å²) in [6.45, 7) is 0. The van der Waals surface area contributed by atoms with Gasteiger partial charge in [0, 0.05) is 15.2 Å². The quantitative estimate of drug-likeness (QED) is 0.818. The number of rotatable bonds is 1. The monoisotopic (exact) mass is 328 g/mol. The summed E-state index contributed by atoms with van der Waals surface area (Å²) in [5, 5.41) is 0.115. The summed E-state index contributed by atoms with van der Waals surface area (Å²) >= 11 is 8.74. The molecule has 1 aromatic heterocycles. The molecule has 0 atom stereocenters. The van der Waals surface area contributed by atoms with Crippen LogP contribution in [0.4, 0.5) is 0 Å². The molecule has 1 heterocycles. The topological polar surface area (TPSA) is 62.8 Å². The lowest BCUT2D eigenvalue weighted by Gasteiger charge is -2.00. The molecular weight excluding hydrogens is 327 g/mol. The zero-order valence-corrected chi connectivity index (χ0v) is 10.9. The lowest BCUT2D eigenvalue weighted by atomic mass is 10.3. The Morgan fingerprint density at radius 1 is 1.40 bits per heavy atom. The molecule has 0 fully saturated rings. The van der Waals surface area contributed by atoms with E-state index in [1.807, 2.05) is 0 Å². The van der Waals surface area contributed by atoms with Crippen molar-refractivity contribution in [3.05, 3.63) is 21.9 Å². The van der Waals surface area contributed by atoms with Crippen molar-refractivity contribution in [2.75, 3.05) is 0 Å². The first kappa shape index (κ1) is 11.2. The van der Waals surface area contributed by atoms with Crippen LogP contribution in [-0.2, 0) is 9.05 Å². The molecule has 0 aliphatic rings. The number of H-pyrrole nitrogens is 1. The average Bonchev–Trinajstić information content (AvgIpc) is 2.41. The highest BCUT2D eigenvalue weighted by Crippen LogP contribution is 2.32. The molecule has 0 aliphatic carbocycles. The zero-order chi connectivity index (χ0) is 11.2. The second-order valence-corrected chi connectivity index (χ2v) is 6.45. The van der Waals surface area contributed by atoms with Gasteiger partial charge in [-0.25, -0.2) is 13.4 Å². The van der Waals surface area contributed by atoms with Crippen LogP contribution >= 0.6 is 38.2 Å². The van der Waals surface area contributed by atoms with Gasteiger partial charge in [0.05, 0.1) is 5.52 Å². The molecule has 0 amide bonds. The zero-order valence-electron chi connectivity index (χ0n) is 6.96. The second kappa shape index (κ2) is 3.62. The van der Waals surface area contributed by atoms with Crippen molar-refractivity contribution in [2.45, 2.75) is 4.90 Å². The molecule has 0 aliphatic heterocycles. The van der Waals surface area contributed by atoms with E-state index in [0.29, 0.717) is 9.99 Å². The van der Waals surface area contributed by atoms with Crippen LogP contribution in [0.3, 0.4) is 0 Å². The summed E-state index contributed by atoms with van der Waals surface area (Å²) in [5.41, 5.74) is 0.742. The number of nitrogens with one attached hydrogen (secondary N) is 1. The van der Waals surface area contributed by atoms with Crippen LogP contribution in [0.2, 0.25) is 5.28 Å². The van der Waals surface area contributed by atoms with Crippen LogP contribution in [0.5, 0.6) is 0 Å². The van der Waals surface area contributed by atoms with Gasteiger partial charge < -0.3 is 4.98 Å². The number of imidazole rings is 1. The Kier molecular flexibility index (Phi) is 2.70. The third kappa shape index (κ3) is 1.99. The largest absolute Gasteiger partial charge is 0.329 e. The number of fused-ring (bicyclic) bond motifs is 1.